The molecule has 5 nitrogen and oxygen atoms in total. The van der Waals surface area contributed by atoms with Gasteiger partial charge in [0, 0.05) is 19.1 Å². The van der Waals surface area contributed by atoms with E-state index in [1.54, 1.807) is 0 Å². The summed E-state index contributed by atoms with van der Waals surface area (Å²) in [5.74, 6) is 0. The van der Waals surface area contributed by atoms with Crippen molar-refractivity contribution in [2.75, 3.05) is 0 Å². The number of nitrogens with zero attached hydrogens (tertiary/aromatic N) is 2. The molecule has 0 amide bonds. The number of hydrogen-bond acceptors (Lipinski definition) is 4. The van der Waals surface area contributed by atoms with Crippen molar-refractivity contribution in [2.45, 2.75) is 18.5 Å². The smallest absolute Gasteiger partial charge is 0.485 e. The van der Waals surface area contributed by atoms with E-state index in [1.807, 2.05) is 42.1 Å². The van der Waals surface area contributed by atoms with Crippen LogP contribution in [0.2, 0.25) is 0 Å². The van der Waals surface area contributed by atoms with Gasteiger partial charge < -0.3 is 4.55 Å². The quantitative estimate of drug-likeness (QED) is 0.438. The van der Waals surface area contributed by atoms with Crippen LogP contribution in [0.1, 0.15) is 13.0 Å². The molecule has 1 aromatic heterocycles. The molecule has 0 radical (unpaired) electrons. The zero-order valence-electron chi connectivity index (χ0n) is 9.13. The highest BCUT2D eigenvalue weighted by Gasteiger charge is 2.36. The first-order valence-electron chi connectivity index (χ1n) is 4.47. The summed E-state index contributed by atoms with van der Waals surface area (Å²) < 4.78 is 60.8. The van der Waals surface area contributed by atoms with E-state index in [0.29, 0.717) is 0 Å². The molecule has 0 spiro atoms. The van der Waals surface area contributed by atoms with Gasteiger partial charge in [0.25, 0.3) is 0 Å². The maximum Gasteiger partial charge on any atom is 0.485 e. The van der Waals surface area contributed by atoms with Crippen molar-refractivity contribution >= 4 is 10.1 Å². The van der Waals surface area contributed by atoms with E-state index < -0.39 is 15.6 Å². The summed E-state index contributed by atoms with van der Waals surface area (Å²) in [6.45, 7) is 1.86. The molecule has 0 aliphatic heterocycles. The monoisotopic (exact) mass is 282 g/mol. The lowest BCUT2D eigenvalue weighted by Crippen LogP contribution is -2.35. The molecule has 0 fully saturated rings. The molecule has 0 saturated carbocycles. The van der Waals surface area contributed by atoms with Gasteiger partial charge >= 0.3 is 5.51 Å². The second kappa shape index (κ2) is 6.32. The van der Waals surface area contributed by atoms with E-state index >= 15 is 0 Å². The third-order valence-corrected chi connectivity index (χ3v) is 2.22. The highest BCUT2D eigenvalue weighted by molar-refractivity contribution is 7.86. The zero-order chi connectivity index (χ0) is 14.4. The average Bonchev–Trinajstić information content (AvgIpc) is 2.27. The Morgan fingerprint density at radius 3 is 1.94 bits per heavy atom. The van der Waals surface area contributed by atoms with E-state index in [2.05, 4.69) is 6.07 Å². The van der Waals surface area contributed by atoms with Gasteiger partial charge in [-0.25, -0.2) is 8.42 Å². The van der Waals surface area contributed by atoms with Crippen LogP contribution in [0.4, 0.5) is 13.2 Å². The molecule has 100 valence electrons. The number of alkyl halides is 3. The Kier molecular flexibility index (Phi) is 5.74. The van der Waals surface area contributed by atoms with Crippen molar-refractivity contribution in [1.82, 2.24) is 0 Å². The summed E-state index contributed by atoms with van der Waals surface area (Å²) in [5.41, 5.74) is -5.65. The molecule has 9 heteroatoms. The van der Waals surface area contributed by atoms with Crippen LogP contribution in [0.15, 0.2) is 30.6 Å². The average molecular weight is 282 g/mol. The summed E-state index contributed by atoms with van der Waals surface area (Å²) in [6, 6.07) is 7.83. The van der Waals surface area contributed by atoms with Gasteiger partial charge in [0.1, 0.15) is 6.07 Å². The fraction of sp³-hybridized carbons (Fsp3) is 0.333. The van der Waals surface area contributed by atoms with Gasteiger partial charge in [0.2, 0.25) is 6.04 Å². The lowest BCUT2D eigenvalue weighted by molar-refractivity contribution is -0.706. The second-order valence-corrected chi connectivity index (χ2v) is 4.40. The highest BCUT2D eigenvalue weighted by Crippen LogP contribution is 2.20. The van der Waals surface area contributed by atoms with Gasteiger partial charge in [-0.2, -0.15) is 23.0 Å². The van der Waals surface area contributed by atoms with E-state index in [4.69, 9.17) is 18.2 Å². The van der Waals surface area contributed by atoms with Gasteiger partial charge in [0.05, 0.1) is 0 Å². The Labute approximate surface area is 102 Å². The first kappa shape index (κ1) is 16.3. The summed E-state index contributed by atoms with van der Waals surface area (Å²) in [4.78, 5) is 0. The largest absolute Gasteiger partial charge is 0.741 e. The molecule has 0 aliphatic rings. The fourth-order valence-electron chi connectivity index (χ4n) is 0.737. The predicted octanol–water partition coefficient (Wildman–Crippen LogP) is 1.11. The van der Waals surface area contributed by atoms with Crippen LogP contribution < -0.4 is 4.57 Å². The number of rotatable bonds is 1. The molecule has 0 saturated heterocycles. The van der Waals surface area contributed by atoms with Crippen molar-refractivity contribution in [1.29, 1.82) is 5.26 Å². The van der Waals surface area contributed by atoms with Crippen LogP contribution >= 0.6 is 0 Å². The van der Waals surface area contributed by atoms with Crippen LogP contribution in [0.3, 0.4) is 0 Å². The van der Waals surface area contributed by atoms with Crippen molar-refractivity contribution in [3.05, 3.63) is 30.6 Å². The minimum absolute atomic E-state index is 0.0683. The lowest BCUT2D eigenvalue weighted by Gasteiger charge is -2.08. The van der Waals surface area contributed by atoms with E-state index in [1.165, 1.54) is 0 Å². The molecule has 0 bridgehead atoms. The molecule has 1 atom stereocenters. The number of aromatic nitrogens is 1. The maximum absolute atomic E-state index is 10.7. The zero-order valence-corrected chi connectivity index (χ0v) is 9.94. The van der Waals surface area contributed by atoms with Crippen molar-refractivity contribution < 1.29 is 30.7 Å². The van der Waals surface area contributed by atoms with Crippen LogP contribution in [0.5, 0.6) is 0 Å². The molecule has 0 aliphatic carbocycles. The maximum atomic E-state index is 10.7. The van der Waals surface area contributed by atoms with Gasteiger partial charge in [-0.1, -0.05) is 6.07 Å². The highest BCUT2D eigenvalue weighted by atomic mass is 32.2. The molecule has 1 unspecified atom stereocenters. The topological polar surface area (TPSA) is 84.9 Å². The normalized spacial score (nSPS) is 12.9. The van der Waals surface area contributed by atoms with Gasteiger partial charge in [0.15, 0.2) is 22.5 Å². The minimum atomic E-state index is -6.09. The Balaban J connectivity index is 0.000000331. The third kappa shape index (κ3) is 5.60. The van der Waals surface area contributed by atoms with E-state index in [-0.39, 0.29) is 6.04 Å². The Morgan fingerprint density at radius 2 is 1.67 bits per heavy atom. The van der Waals surface area contributed by atoms with Crippen LogP contribution in [0.25, 0.3) is 0 Å². The standard InChI is InChI=1S/C8H9N2.CHF3O3S/c1-8(7-9)10-5-3-2-4-6-10;2-1(3,4)8(5,6)7/h2-6,8H,1H3;(H,5,6,7)/q+1;/p-1. The van der Waals surface area contributed by atoms with Crippen LogP contribution in [-0.2, 0) is 10.1 Å². The summed E-state index contributed by atoms with van der Waals surface area (Å²) in [6.07, 6.45) is 3.77. The van der Waals surface area contributed by atoms with Gasteiger partial charge in [-0.05, 0) is 0 Å². The molecule has 0 N–H and O–H groups in total. The minimum Gasteiger partial charge on any atom is -0.741 e. The Bertz CT molecular complexity index is 508. The first-order valence-corrected chi connectivity index (χ1v) is 5.88. The molecule has 1 aromatic rings. The lowest BCUT2D eigenvalue weighted by atomic mass is 10.3. The van der Waals surface area contributed by atoms with E-state index in [0.717, 1.165) is 0 Å². The number of pyridine rings is 1. The summed E-state index contributed by atoms with van der Waals surface area (Å²) in [7, 11) is -6.09. The molecule has 1 rings (SSSR count). The van der Waals surface area contributed by atoms with Gasteiger partial charge in [-0.15, -0.1) is 0 Å². The predicted molar refractivity (Wildman–Crippen MR) is 52.7 cm³/mol. The van der Waals surface area contributed by atoms with Crippen molar-refractivity contribution in [3.63, 3.8) is 0 Å². The fourth-order valence-corrected chi connectivity index (χ4v) is 0.737. The van der Waals surface area contributed by atoms with Crippen LogP contribution in [0, 0.1) is 11.3 Å². The summed E-state index contributed by atoms with van der Waals surface area (Å²) >= 11 is 0. The molecule has 0 aromatic carbocycles. The molecule has 18 heavy (non-hydrogen) atoms. The Hall–Kier alpha value is -1.66. The number of halogens is 3. The second-order valence-electron chi connectivity index (χ2n) is 3.03. The first-order chi connectivity index (χ1) is 8.09. The molecular weight excluding hydrogens is 273 g/mol. The third-order valence-electron chi connectivity index (χ3n) is 1.66. The van der Waals surface area contributed by atoms with E-state index in [9.17, 15) is 13.2 Å². The molecule has 1 heterocycles. The molecular formula is C9H9F3N2O3S. The van der Waals surface area contributed by atoms with Gasteiger partial charge in [-0.3, -0.25) is 0 Å². The van der Waals surface area contributed by atoms with Crippen molar-refractivity contribution in [3.8, 4) is 6.07 Å². The van der Waals surface area contributed by atoms with Crippen LogP contribution in [-0.4, -0.2) is 18.5 Å². The summed E-state index contributed by atoms with van der Waals surface area (Å²) in [5, 5.41) is 8.52. The number of nitriles is 1. The number of hydrogen-bond donors (Lipinski definition) is 0. The Morgan fingerprint density at radius 1 is 1.28 bits per heavy atom. The SMILES string of the molecule is CC(C#N)[n+]1ccccc1.O=S(=O)([O-])C(F)(F)F. The van der Waals surface area contributed by atoms with Crippen molar-refractivity contribution in [2.24, 2.45) is 0 Å².